The fourth-order valence-corrected chi connectivity index (χ4v) is 0.441. The fourth-order valence-electron chi connectivity index (χ4n) is 0.441. The second-order valence-electron chi connectivity index (χ2n) is 2.26. The van der Waals surface area contributed by atoms with E-state index < -0.39 is 5.91 Å². The predicted octanol–water partition coefficient (Wildman–Crippen LogP) is -0.0233. The molecule has 0 saturated carbocycles. The van der Waals surface area contributed by atoms with Gasteiger partial charge < -0.3 is 21.8 Å². The number of amides is 2. The van der Waals surface area contributed by atoms with Gasteiger partial charge in [0.05, 0.1) is 6.41 Å². The molecule has 1 aromatic rings. The van der Waals surface area contributed by atoms with Crippen LogP contribution in [-0.2, 0) is 30.7 Å². The summed E-state index contributed by atoms with van der Waals surface area (Å²) in [6.07, 6.45) is 5.60. The molecule has 1 N–H and O–H groups in total. The van der Waals surface area contributed by atoms with Crippen molar-refractivity contribution in [3.05, 3.63) is 30.9 Å². The van der Waals surface area contributed by atoms with Gasteiger partial charge in [-0.3, -0.25) is 5.10 Å². The van der Waals surface area contributed by atoms with Crippen LogP contribution in [0.3, 0.4) is 0 Å². The largest absolute Gasteiger partial charge is 0.464 e. The van der Waals surface area contributed by atoms with Crippen LogP contribution in [0.5, 0.6) is 0 Å². The van der Waals surface area contributed by atoms with E-state index in [1.165, 1.54) is 6.41 Å². The van der Waals surface area contributed by atoms with Crippen molar-refractivity contribution in [2.45, 2.75) is 13.3 Å². The van der Waals surface area contributed by atoms with Crippen LogP contribution in [0.4, 0.5) is 0 Å². The molecular weight excluding hydrogens is 366 g/mol. The zero-order valence-electron chi connectivity index (χ0n) is 8.19. The van der Waals surface area contributed by atoms with Gasteiger partial charge in [-0.1, -0.05) is 0 Å². The van der Waals surface area contributed by atoms with E-state index in [1.54, 1.807) is 17.6 Å². The molecule has 0 aliphatic heterocycles. The summed E-state index contributed by atoms with van der Waals surface area (Å²) >= 11 is 0. The van der Waals surface area contributed by atoms with Crippen molar-refractivity contribution in [2.24, 2.45) is 0 Å². The van der Waals surface area contributed by atoms with E-state index >= 15 is 0 Å². The molecule has 1 heterocycles. The Labute approximate surface area is 103 Å². The van der Waals surface area contributed by atoms with Gasteiger partial charge in [0.25, 0.3) is 0 Å². The van der Waals surface area contributed by atoms with Gasteiger partial charge in [0, 0.05) is 27.0 Å². The number of hydrogen-bond donors (Lipinski definition) is 1. The van der Waals surface area contributed by atoms with Crippen LogP contribution in [-0.4, -0.2) is 22.5 Å². The van der Waals surface area contributed by atoms with Crippen molar-refractivity contribution >= 4 is 12.3 Å². The first-order chi connectivity index (χ1) is 6.70. The SMILES string of the molecule is Cc1c[c-]nnc1.[CH2-]CC(=O)N[C-]=O.[W]. The number of carbonyl (C=O) groups is 1. The van der Waals surface area contributed by atoms with Crippen LogP contribution in [0.25, 0.3) is 0 Å². The predicted molar refractivity (Wildman–Crippen MR) is 49.4 cm³/mol. The van der Waals surface area contributed by atoms with Gasteiger partial charge in [-0.15, -0.1) is 13.1 Å². The maximum Gasteiger partial charge on any atom is 0.0713 e. The number of rotatable bonds is 2. The molecule has 0 aliphatic carbocycles. The molecule has 0 fully saturated rings. The van der Waals surface area contributed by atoms with Crippen LogP contribution >= 0.6 is 0 Å². The zero-order chi connectivity index (χ0) is 10.8. The van der Waals surface area contributed by atoms with E-state index in [4.69, 9.17) is 0 Å². The minimum atomic E-state index is -0.407. The summed E-state index contributed by atoms with van der Waals surface area (Å²) in [4.78, 5) is 19.3. The van der Waals surface area contributed by atoms with Crippen LogP contribution < -0.4 is 5.32 Å². The topological polar surface area (TPSA) is 72.0 Å². The van der Waals surface area contributed by atoms with Crippen molar-refractivity contribution in [3.8, 4) is 0 Å². The van der Waals surface area contributed by atoms with Crippen LogP contribution in [0.2, 0.25) is 0 Å². The third-order valence-corrected chi connectivity index (χ3v) is 1.09. The Morgan fingerprint density at radius 3 is 2.60 bits per heavy atom. The summed E-state index contributed by atoms with van der Waals surface area (Å²) < 4.78 is 0. The van der Waals surface area contributed by atoms with Crippen molar-refractivity contribution < 1.29 is 30.7 Å². The van der Waals surface area contributed by atoms with Gasteiger partial charge >= 0.3 is 0 Å². The fraction of sp³-hybridized carbons (Fsp3) is 0.222. The van der Waals surface area contributed by atoms with Gasteiger partial charge in [-0.25, -0.2) is 6.07 Å². The molecule has 1 aromatic heterocycles. The van der Waals surface area contributed by atoms with Crippen LogP contribution in [0.1, 0.15) is 12.0 Å². The van der Waals surface area contributed by atoms with Crippen molar-refractivity contribution in [3.63, 3.8) is 0 Å². The number of nitrogens with zero attached hydrogens (tertiary/aromatic N) is 2. The first kappa shape index (κ1) is 16.3. The number of carbonyl (C=O) groups excluding carboxylic acids is 2. The summed E-state index contributed by atoms with van der Waals surface area (Å²) in [5.74, 6) is -0.407. The second kappa shape index (κ2) is 11.0. The van der Waals surface area contributed by atoms with Crippen LogP contribution in [0.15, 0.2) is 12.3 Å². The quantitative estimate of drug-likeness (QED) is 0.582. The van der Waals surface area contributed by atoms with E-state index in [9.17, 15) is 9.59 Å². The van der Waals surface area contributed by atoms with Gasteiger partial charge in [-0.2, -0.15) is 17.1 Å². The molecule has 2 amide bonds. The molecular formula is C9H10N3O2W-3. The molecule has 0 atom stereocenters. The third-order valence-electron chi connectivity index (χ3n) is 1.09. The first-order valence-corrected chi connectivity index (χ1v) is 3.81. The number of aryl methyl sites for hydroxylation is 1. The molecule has 0 saturated heterocycles. The first-order valence-electron chi connectivity index (χ1n) is 3.81. The normalized spacial score (nSPS) is 7.60. The standard InChI is InChI=1S/C5H5N2.C4H5NO2.W/c1-5-2-3-6-7-4-5;1-2-4(7)5-3-6;/h2,4H,1H3;1-2H2,(H,5,6,7);/q-1;-2;. The number of nitrogens with one attached hydrogen (secondary N) is 1. The molecule has 5 nitrogen and oxygen atoms in total. The Morgan fingerprint density at radius 1 is 1.73 bits per heavy atom. The number of imide groups is 1. The van der Waals surface area contributed by atoms with Gasteiger partial charge in [-0.05, 0) is 6.20 Å². The molecule has 0 aromatic carbocycles. The van der Waals surface area contributed by atoms with Crippen LogP contribution in [0, 0.1) is 20.0 Å². The zero-order valence-corrected chi connectivity index (χ0v) is 11.1. The van der Waals surface area contributed by atoms with Crippen molar-refractivity contribution in [1.82, 2.24) is 15.5 Å². The van der Waals surface area contributed by atoms with Gasteiger partial charge in [0.1, 0.15) is 0 Å². The monoisotopic (exact) mass is 376 g/mol. The summed E-state index contributed by atoms with van der Waals surface area (Å²) in [5, 5.41) is 8.84. The molecule has 15 heavy (non-hydrogen) atoms. The van der Waals surface area contributed by atoms with Gasteiger partial charge in [0.15, 0.2) is 0 Å². The van der Waals surface area contributed by atoms with E-state index in [1.807, 2.05) is 6.92 Å². The summed E-state index contributed by atoms with van der Waals surface area (Å²) in [6.45, 7) is 5.16. The molecule has 0 spiro atoms. The Bertz CT molecular complexity index is 280. The number of hydrogen-bond acceptors (Lipinski definition) is 4. The number of aromatic nitrogens is 2. The Balaban J connectivity index is 0. The molecule has 6 heteroatoms. The molecule has 0 radical (unpaired) electrons. The maximum atomic E-state index is 9.98. The molecule has 0 aliphatic rings. The van der Waals surface area contributed by atoms with E-state index in [-0.39, 0.29) is 27.5 Å². The Morgan fingerprint density at radius 2 is 2.40 bits per heavy atom. The molecule has 0 bridgehead atoms. The average molecular weight is 376 g/mol. The minimum absolute atomic E-state index is 0. The Kier molecular flexibility index (Phi) is 12.0. The van der Waals surface area contributed by atoms with E-state index in [0.717, 1.165) is 5.56 Å². The summed E-state index contributed by atoms with van der Waals surface area (Å²) in [5.41, 5.74) is 1.09. The molecule has 0 unspecified atom stereocenters. The summed E-state index contributed by atoms with van der Waals surface area (Å²) in [6, 6.07) is 1.78. The van der Waals surface area contributed by atoms with E-state index in [2.05, 4.69) is 23.3 Å². The second-order valence-corrected chi connectivity index (χ2v) is 2.26. The van der Waals surface area contributed by atoms with Crippen molar-refractivity contribution in [2.75, 3.05) is 0 Å². The Hall–Kier alpha value is -1.09. The third kappa shape index (κ3) is 10.8. The van der Waals surface area contributed by atoms with Crippen molar-refractivity contribution in [1.29, 1.82) is 0 Å². The average Bonchev–Trinajstić information content (AvgIpc) is 2.20. The summed E-state index contributed by atoms with van der Waals surface area (Å²) in [7, 11) is 0. The van der Waals surface area contributed by atoms with Gasteiger partial charge in [0.2, 0.25) is 0 Å². The molecule has 1 rings (SSSR count). The smallest absolute Gasteiger partial charge is 0.0713 e. The van der Waals surface area contributed by atoms with E-state index in [0.29, 0.717) is 0 Å². The minimum Gasteiger partial charge on any atom is -0.464 e. The maximum absolute atomic E-state index is 9.98. The molecule has 82 valence electrons.